The highest BCUT2D eigenvalue weighted by Gasteiger charge is 2.36. The molecule has 2 aliphatic rings. The fraction of sp³-hybridized carbons (Fsp3) is 0.688. The van der Waals surface area contributed by atoms with Crippen molar-refractivity contribution in [2.24, 2.45) is 11.8 Å². The molecule has 0 spiro atoms. The van der Waals surface area contributed by atoms with Crippen molar-refractivity contribution in [2.45, 2.75) is 45.4 Å². The molecule has 0 radical (unpaired) electrons. The Labute approximate surface area is 135 Å². The van der Waals surface area contributed by atoms with Crippen LogP contribution in [0.1, 0.15) is 51.1 Å². The van der Waals surface area contributed by atoms with Crippen LogP contribution in [-0.4, -0.2) is 34.8 Å². The van der Waals surface area contributed by atoms with E-state index in [9.17, 15) is 9.59 Å². The third kappa shape index (κ3) is 3.48. The van der Waals surface area contributed by atoms with Gasteiger partial charge in [0.25, 0.3) is 0 Å². The first kappa shape index (κ1) is 15.5. The normalized spacial score (nSPS) is 22.0. The molecule has 2 fully saturated rings. The smallest absolute Gasteiger partial charge is 0.231 e. The van der Waals surface area contributed by atoms with Crippen LogP contribution in [0.15, 0.2) is 5.38 Å². The van der Waals surface area contributed by atoms with Gasteiger partial charge in [-0.05, 0) is 31.6 Å². The lowest BCUT2D eigenvalue weighted by atomic mass is 9.97. The number of anilines is 1. The van der Waals surface area contributed by atoms with Gasteiger partial charge in [0.1, 0.15) is 0 Å². The van der Waals surface area contributed by atoms with E-state index in [2.05, 4.69) is 24.1 Å². The number of hydrogen-bond donors (Lipinski definition) is 1. The second-order valence-electron chi connectivity index (χ2n) is 6.62. The van der Waals surface area contributed by atoms with Crippen molar-refractivity contribution < 1.29 is 9.59 Å². The Hall–Kier alpha value is -1.43. The van der Waals surface area contributed by atoms with Gasteiger partial charge in [-0.2, -0.15) is 0 Å². The lowest BCUT2D eigenvalue weighted by molar-refractivity contribution is -0.135. The van der Waals surface area contributed by atoms with Crippen molar-refractivity contribution in [1.82, 2.24) is 9.88 Å². The molecule has 1 saturated carbocycles. The Morgan fingerprint density at radius 3 is 2.73 bits per heavy atom. The number of carbonyl (C=O) groups excluding carboxylic acids is 2. The largest absolute Gasteiger partial charge is 0.342 e. The molecule has 1 aromatic heterocycles. The van der Waals surface area contributed by atoms with E-state index < -0.39 is 0 Å². The number of carbonyl (C=O) groups is 2. The van der Waals surface area contributed by atoms with E-state index in [1.807, 2.05) is 10.3 Å². The van der Waals surface area contributed by atoms with Crippen LogP contribution in [0.4, 0.5) is 5.13 Å². The fourth-order valence-electron chi connectivity index (χ4n) is 2.80. The summed E-state index contributed by atoms with van der Waals surface area (Å²) in [4.78, 5) is 30.9. The van der Waals surface area contributed by atoms with E-state index in [1.54, 1.807) is 0 Å². The number of rotatable bonds is 4. The zero-order valence-corrected chi connectivity index (χ0v) is 14.0. The molecule has 2 heterocycles. The molecule has 6 heteroatoms. The maximum Gasteiger partial charge on any atom is 0.231 e. The molecule has 3 rings (SSSR count). The summed E-state index contributed by atoms with van der Waals surface area (Å²) in [6.45, 7) is 5.53. The molecule has 0 aromatic carbocycles. The number of piperidine rings is 1. The Morgan fingerprint density at radius 1 is 1.32 bits per heavy atom. The van der Waals surface area contributed by atoms with E-state index in [4.69, 9.17) is 0 Å². The van der Waals surface area contributed by atoms with E-state index in [-0.39, 0.29) is 23.7 Å². The molecule has 1 aliphatic carbocycles. The highest BCUT2D eigenvalue weighted by Crippen LogP contribution is 2.32. The van der Waals surface area contributed by atoms with Crippen molar-refractivity contribution in [3.8, 4) is 0 Å². The van der Waals surface area contributed by atoms with Crippen LogP contribution in [0, 0.1) is 11.8 Å². The Bertz CT molecular complexity index is 565. The molecule has 2 amide bonds. The lowest BCUT2D eigenvalue weighted by Crippen LogP contribution is -2.44. The number of nitrogens with one attached hydrogen (secondary N) is 1. The molecule has 0 unspecified atom stereocenters. The minimum Gasteiger partial charge on any atom is -0.342 e. The van der Waals surface area contributed by atoms with Gasteiger partial charge >= 0.3 is 0 Å². The first-order chi connectivity index (χ1) is 10.5. The van der Waals surface area contributed by atoms with Gasteiger partial charge in [0.15, 0.2) is 5.13 Å². The number of nitrogens with zero attached hydrogens (tertiary/aromatic N) is 2. The topological polar surface area (TPSA) is 62.3 Å². The van der Waals surface area contributed by atoms with Crippen molar-refractivity contribution in [3.05, 3.63) is 11.1 Å². The van der Waals surface area contributed by atoms with E-state index in [1.165, 1.54) is 11.3 Å². The highest BCUT2D eigenvalue weighted by molar-refractivity contribution is 7.13. The Morgan fingerprint density at radius 2 is 2.09 bits per heavy atom. The average Bonchev–Trinajstić information content (AvgIpc) is 3.26. The van der Waals surface area contributed by atoms with Crippen molar-refractivity contribution in [2.75, 3.05) is 18.4 Å². The second-order valence-corrected chi connectivity index (χ2v) is 7.48. The second kappa shape index (κ2) is 6.36. The summed E-state index contributed by atoms with van der Waals surface area (Å²) in [7, 11) is 0. The van der Waals surface area contributed by atoms with Crippen LogP contribution in [0.5, 0.6) is 0 Å². The number of thiazole rings is 1. The number of amides is 2. The zero-order chi connectivity index (χ0) is 15.7. The summed E-state index contributed by atoms with van der Waals surface area (Å²) in [5.74, 6) is 0.729. The van der Waals surface area contributed by atoms with Crippen LogP contribution in [-0.2, 0) is 9.59 Å². The van der Waals surface area contributed by atoms with Gasteiger partial charge in [-0.1, -0.05) is 13.8 Å². The SMILES string of the molecule is CC(C)c1csc(NC(=O)[C@@H]2CCCN(C(=O)C3CC3)C2)n1. The zero-order valence-electron chi connectivity index (χ0n) is 13.2. The van der Waals surface area contributed by atoms with Gasteiger partial charge in [-0.3, -0.25) is 9.59 Å². The minimum absolute atomic E-state index is 0.00190. The molecule has 5 nitrogen and oxygen atoms in total. The first-order valence-corrected chi connectivity index (χ1v) is 8.97. The van der Waals surface area contributed by atoms with Gasteiger partial charge in [0.05, 0.1) is 11.6 Å². The summed E-state index contributed by atoms with van der Waals surface area (Å²) < 4.78 is 0. The molecule has 22 heavy (non-hydrogen) atoms. The predicted molar refractivity (Wildman–Crippen MR) is 86.9 cm³/mol. The molecule has 1 saturated heterocycles. The number of aromatic nitrogens is 1. The molecule has 120 valence electrons. The molecule has 0 bridgehead atoms. The third-order valence-electron chi connectivity index (χ3n) is 4.37. The Balaban J connectivity index is 1.57. The van der Waals surface area contributed by atoms with Crippen molar-refractivity contribution in [3.63, 3.8) is 0 Å². The fourth-order valence-corrected chi connectivity index (χ4v) is 3.67. The van der Waals surface area contributed by atoms with Crippen LogP contribution in [0.2, 0.25) is 0 Å². The van der Waals surface area contributed by atoms with E-state index in [0.29, 0.717) is 17.6 Å². The van der Waals surface area contributed by atoms with Crippen molar-refractivity contribution >= 4 is 28.3 Å². The van der Waals surface area contributed by atoms with E-state index >= 15 is 0 Å². The molecular formula is C16H23N3O2S. The predicted octanol–water partition coefficient (Wildman–Crippen LogP) is 2.85. The van der Waals surface area contributed by atoms with Crippen LogP contribution in [0.25, 0.3) is 0 Å². The molecule has 1 aromatic rings. The number of hydrogen-bond acceptors (Lipinski definition) is 4. The maximum absolute atomic E-state index is 12.4. The van der Waals surface area contributed by atoms with Gasteiger partial charge in [-0.15, -0.1) is 11.3 Å². The Kier molecular flexibility index (Phi) is 4.47. The quantitative estimate of drug-likeness (QED) is 0.927. The summed E-state index contributed by atoms with van der Waals surface area (Å²) in [6, 6.07) is 0. The van der Waals surface area contributed by atoms with Gasteiger partial charge < -0.3 is 10.2 Å². The molecule has 1 atom stereocenters. The minimum atomic E-state index is -0.108. The van der Waals surface area contributed by atoms with Gasteiger partial charge in [0, 0.05) is 24.4 Å². The monoisotopic (exact) mass is 321 g/mol. The van der Waals surface area contributed by atoms with Gasteiger partial charge in [-0.25, -0.2) is 4.98 Å². The van der Waals surface area contributed by atoms with Crippen LogP contribution in [0.3, 0.4) is 0 Å². The van der Waals surface area contributed by atoms with Crippen LogP contribution < -0.4 is 5.32 Å². The van der Waals surface area contributed by atoms with Gasteiger partial charge in [0.2, 0.25) is 11.8 Å². The third-order valence-corrected chi connectivity index (χ3v) is 5.15. The highest BCUT2D eigenvalue weighted by atomic mass is 32.1. The average molecular weight is 321 g/mol. The molecular weight excluding hydrogens is 298 g/mol. The van der Waals surface area contributed by atoms with Crippen molar-refractivity contribution in [1.29, 1.82) is 0 Å². The lowest BCUT2D eigenvalue weighted by Gasteiger charge is -2.32. The van der Waals surface area contributed by atoms with Crippen LogP contribution >= 0.6 is 11.3 Å². The summed E-state index contributed by atoms with van der Waals surface area (Å²) in [5.41, 5.74) is 1.01. The summed E-state index contributed by atoms with van der Waals surface area (Å²) in [5, 5.41) is 5.58. The molecule has 1 aliphatic heterocycles. The maximum atomic E-state index is 12.4. The summed E-state index contributed by atoms with van der Waals surface area (Å²) in [6.07, 6.45) is 3.79. The number of likely N-dealkylation sites (tertiary alicyclic amines) is 1. The first-order valence-electron chi connectivity index (χ1n) is 8.09. The van der Waals surface area contributed by atoms with E-state index in [0.717, 1.165) is 37.9 Å². The molecule has 1 N–H and O–H groups in total. The standard InChI is InChI=1S/C16H23N3O2S/c1-10(2)13-9-22-16(17-13)18-14(20)12-4-3-7-19(8-12)15(21)11-5-6-11/h9-12H,3-8H2,1-2H3,(H,17,18,20)/t12-/m1/s1. The summed E-state index contributed by atoms with van der Waals surface area (Å²) >= 11 is 1.47.